The predicted octanol–water partition coefficient (Wildman–Crippen LogP) is 8.24. The molecule has 1 aromatic heterocycles. The summed E-state index contributed by atoms with van der Waals surface area (Å²) in [7, 11) is 0. The average molecular weight is 455 g/mol. The van der Waals surface area contributed by atoms with Crippen LogP contribution >= 0.6 is 23.2 Å². The first kappa shape index (κ1) is 20.6. The van der Waals surface area contributed by atoms with Gasteiger partial charge in [0.2, 0.25) is 0 Å². The number of aromatic nitrogens is 2. The van der Waals surface area contributed by atoms with Gasteiger partial charge in [-0.2, -0.15) is 0 Å². The van der Waals surface area contributed by atoms with Gasteiger partial charge in [-0.15, -0.1) is 0 Å². The van der Waals surface area contributed by atoms with Crippen LogP contribution in [0.5, 0.6) is 0 Å². The summed E-state index contributed by atoms with van der Waals surface area (Å²) < 4.78 is 2.28. The Kier molecular flexibility index (Phi) is 5.81. The van der Waals surface area contributed by atoms with E-state index >= 15 is 0 Å². The van der Waals surface area contributed by atoms with Crippen molar-refractivity contribution in [3.8, 4) is 33.9 Å². The van der Waals surface area contributed by atoms with E-state index in [1.165, 1.54) is 5.56 Å². The second-order valence-electron chi connectivity index (χ2n) is 7.58. The molecule has 0 spiro atoms. The largest absolute Gasteiger partial charge is 0.319 e. The molecule has 0 saturated heterocycles. The lowest BCUT2D eigenvalue weighted by Crippen LogP contribution is -2.04. The topological polar surface area (TPSA) is 17.8 Å². The van der Waals surface area contributed by atoms with E-state index < -0.39 is 0 Å². The van der Waals surface area contributed by atoms with Crippen molar-refractivity contribution in [2.75, 3.05) is 0 Å². The lowest BCUT2D eigenvalue weighted by atomic mass is 10.0. The van der Waals surface area contributed by atoms with Crippen molar-refractivity contribution in [2.45, 2.75) is 6.54 Å². The molecule has 0 N–H and O–H groups in total. The summed E-state index contributed by atoms with van der Waals surface area (Å²) in [6.07, 6.45) is 0. The number of nitrogens with zero attached hydrogens (tertiary/aromatic N) is 2. The third-order valence-corrected chi connectivity index (χ3v) is 5.92. The van der Waals surface area contributed by atoms with E-state index in [0.717, 1.165) is 33.9 Å². The zero-order valence-electron chi connectivity index (χ0n) is 17.2. The Balaban J connectivity index is 1.79. The quantitative estimate of drug-likeness (QED) is 0.261. The maximum absolute atomic E-state index is 6.21. The van der Waals surface area contributed by atoms with Gasteiger partial charge in [-0.05, 0) is 42.0 Å². The third kappa shape index (κ3) is 4.20. The first-order valence-electron chi connectivity index (χ1n) is 10.4. The van der Waals surface area contributed by atoms with Crippen LogP contribution in [0.3, 0.4) is 0 Å². The highest BCUT2D eigenvalue weighted by atomic mass is 35.5. The number of rotatable bonds is 5. The fourth-order valence-corrected chi connectivity index (χ4v) is 4.14. The smallest absolute Gasteiger partial charge is 0.141 e. The second-order valence-corrected chi connectivity index (χ2v) is 8.46. The maximum Gasteiger partial charge on any atom is 0.141 e. The van der Waals surface area contributed by atoms with Crippen LogP contribution in [0.25, 0.3) is 33.9 Å². The van der Waals surface area contributed by atoms with Crippen molar-refractivity contribution in [3.63, 3.8) is 0 Å². The number of imidazole rings is 1. The SMILES string of the molecule is Clc1ccc(-c2nc(-c3ccccc3)c(-c3ccc(Cl)cc3)n2Cc2ccccc2)cc1. The molecule has 0 aliphatic rings. The van der Waals surface area contributed by atoms with Gasteiger partial charge in [0, 0.05) is 33.3 Å². The van der Waals surface area contributed by atoms with Gasteiger partial charge in [0.15, 0.2) is 0 Å². The molecule has 0 amide bonds. The van der Waals surface area contributed by atoms with Gasteiger partial charge in [0.1, 0.15) is 5.82 Å². The molecule has 5 rings (SSSR count). The van der Waals surface area contributed by atoms with Gasteiger partial charge >= 0.3 is 0 Å². The molecule has 0 bridgehead atoms. The van der Waals surface area contributed by atoms with Crippen LogP contribution in [0.15, 0.2) is 109 Å². The van der Waals surface area contributed by atoms with Crippen molar-refractivity contribution in [1.82, 2.24) is 9.55 Å². The Bertz CT molecular complexity index is 1320. The van der Waals surface area contributed by atoms with Crippen molar-refractivity contribution >= 4 is 23.2 Å². The second kappa shape index (κ2) is 9.04. The molecule has 156 valence electrons. The lowest BCUT2D eigenvalue weighted by Gasteiger charge is -2.14. The minimum atomic E-state index is 0.691. The van der Waals surface area contributed by atoms with Crippen LogP contribution in [0.4, 0.5) is 0 Å². The summed E-state index contributed by atoms with van der Waals surface area (Å²) in [4.78, 5) is 5.16. The predicted molar refractivity (Wildman–Crippen MR) is 134 cm³/mol. The normalized spacial score (nSPS) is 10.9. The minimum Gasteiger partial charge on any atom is -0.319 e. The molecule has 0 aliphatic carbocycles. The maximum atomic E-state index is 6.21. The molecular formula is C28H20Cl2N2. The Morgan fingerprint density at radius 1 is 0.562 bits per heavy atom. The van der Waals surface area contributed by atoms with Crippen LogP contribution in [-0.2, 0) is 6.54 Å². The molecule has 0 radical (unpaired) electrons. The van der Waals surface area contributed by atoms with E-state index in [9.17, 15) is 0 Å². The molecule has 4 aromatic carbocycles. The fraction of sp³-hybridized carbons (Fsp3) is 0.0357. The lowest BCUT2D eigenvalue weighted by molar-refractivity contribution is 0.814. The summed E-state index contributed by atoms with van der Waals surface area (Å²) >= 11 is 12.4. The minimum absolute atomic E-state index is 0.691. The highest BCUT2D eigenvalue weighted by Gasteiger charge is 2.21. The Hall–Kier alpha value is -3.33. The summed E-state index contributed by atoms with van der Waals surface area (Å²) in [6.45, 7) is 0.691. The molecule has 2 nitrogen and oxygen atoms in total. The monoisotopic (exact) mass is 454 g/mol. The summed E-state index contributed by atoms with van der Waals surface area (Å²) in [5, 5.41) is 1.41. The Labute approximate surface area is 197 Å². The van der Waals surface area contributed by atoms with Crippen molar-refractivity contribution in [1.29, 1.82) is 0 Å². The highest BCUT2D eigenvalue weighted by molar-refractivity contribution is 6.30. The van der Waals surface area contributed by atoms with E-state index in [-0.39, 0.29) is 0 Å². The zero-order valence-corrected chi connectivity index (χ0v) is 18.8. The van der Waals surface area contributed by atoms with Crippen LogP contribution < -0.4 is 0 Å². The number of hydrogen-bond acceptors (Lipinski definition) is 1. The van der Waals surface area contributed by atoms with Crippen LogP contribution in [-0.4, -0.2) is 9.55 Å². The van der Waals surface area contributed by atoms with Gasteiger partial charge < -0.3 is 4.57 Å². The van der Waals surface area contributed by atoms with E-state index in [2.05, 4.69) is 53.1 Å². The number of hydrogen-bond donors (Lipinski definition) is 0. The van der Waals surface area contributed by atoms with Gasteiger partial charge in [-0.1, -0.05) is 96.0 Å². The fourth-order valence-electron chi connectivity index (χ4n) is 3.89. The standard InChI is InChI=1S/C28H20Cl2N2/c29-24-15-11-22(12-16-24)27-26(21-9-5-2-6-10-21)31-28(23-13-17-25(30)18-14-23)32(27)19-20-7-3-1-4-8-20/h1-18H,19H2. The van der Waals surface area contributed by atoms with Crippen molar-refractivity contribution < 1.29 is 0 Å². The van der Waals surface area contributed by atoms with E-state index in [1.807, 2.05) is 60.7 Å². The van der Waals surface area contributed by atoms with Gasteiger partial charge in [-0.25, -0.2) is 4.98 Å². The molecular weight excluding hydrogens is 435 g/mol. The van der Waals surface area contributed by atoms with Crippen LogP contribution in [0, 0.1) is 0 Å². The summed E-state index contributed by atoms with van der Waals surface area (Å²) in [5.74, 6) is 0.898. The van der Waals surface area contributed by atoms with Crippen molar-refractivity contribution in [2.24, 2.45) is 0 Å². The molecule has 0 saturated carbocycles. The van der Waals surface area contributed by atoms with Crippen LogP contribution in [0.2, 0.25) is 10.0 Å². The van der Waals surface area contributed by atoms with E-state index in [1.54, 1.807) is 0 Å². The molecule has 0 aliphatic heterocycles. The van der Waals surface area contributed by atoms with Gasteiger partial charge in [0.25, 0.3) is 0 Å². The van der Waals surface area contributed by atoms with Gasteiger partial charge in [0.05, 0.1) is 11.4 Å². The first-order valence-corrected chi connectivity index (χ1v) is 11.2. The Morgan fingerprint density at radius 3 is 1.69 bits per heavy atom. The highest BCUT2D eigenvalue weighted by Crippen LogP contribution is 2.37. The first-order chi connectivity index (χ1) is 15.7. The molecule has 0 unspecified atom stereocenters. The third-order valence-electron chi connectivity index (χ3n) is 5.42. The Morgan fingerprint density at radius 2 is 1.09 bits per heavy atom. The molecule has 32 heavy (non-hydrogen) atoms. The summed E-state index contributed by atoms with van der Waals surface area (Å²) in [5.41, 5.74) is 6.35. The average Bonchev–Trinajstić information content (AvgIpc) is 3.20. The number of halogens is 2. The molecule has 4 heteroatoms. The van der Waals surface area contributed by atoms with Gasteiger partial charge in [-0.3, -0.25) is 0 Å². The molecule has 5 aromatic rings. The number of benzene rings is 4. The van der Waals surface area contributed by atoms with E-state index in [4.69, 9.17) is 28.2 Å². The summed E-state index contributed by atoms with van der Waals surface area (Å²) in [6, 6.07) is 36.5. The van der Waals surface area contributed by atoms with Crippen molar-refractivity contribution in [3.05, 3.63) is 125 Å². The molecule has 1 heterocycles. The van der Waals surface area contributed by atoms with E-state index in [0.29, 0.717) is 16.6 Å². The van der Waals surface area contributed by atoms with Crippen LogP contribution in [0.1, 0.15) is 5.56 Å². The molecule has 0 fully saturated rings. The molecule has 0 atom stereocenters. The zero-order chi connectivity index (χ0) is 21.9.